The molecule has 0 amide bonds. The molecule has 0 radical (unpaired) electrons. The summed E-state index contributed by atoms with van der Waals surface area (Å²) in [5.74, 6) is 3.22. The zero-order valence-electron chi connectivity index (χ0n) is 7.00. The van der Waals surface area contributed by atoms with Gasteiger partial charge < -0.3 is 14.2 Å². The van der Waals surface area contributed by atoms with Gasteiger partial charge in [0.15, 0.2) is 0 Å². The molecule has 3 nitrogen and oxygen atoms in total. The van der Waals surface area contributed by atoms with E-state index in [1.54, 1.807) is 0 Å². The van der Waals surface area contributed by atoms with E-state index in [1.165, 1.54) is 0 Å². The topological polar surface area (TPSA) is 37.6 Å². The quantitative estimate of drug-likeness (QED) is 0.482. The van der Waals surface area contributed by atoms with Crippen molar-refractivity contribution < 1.29 is 14.2 Å². The van der Waals surface area contributed by atoms with Crippen LogP contribution in [-0.4, -0.2) is 36.6 Å². The minimum Gasteiger partial charge on any atom is -0.369 e. The van der Waals surface area contributed by atoms with Gasteiger partial charge in [0.25, 0.3) is 0 Å². The summed E-state index contributed by atoms with van der Waals surface area (Å²) in [5, 5.41) is 0. The lowest BCUT2D eigenvalue weighted by molar-refractivity contribution is 0.0454. The van der Waals surface area contributed by atoms with Crippen molar-refractivity contribution in [2.45, 2.75) is 36.6 Å². The summed E-state index contributed by atoms with van der Waals surface area (Å²) >= 11 is 0. The van der Waals surface area contributed by atoms with Crippen molar-refractivity contribution in [3.63, 3.8) is 0 Å². The molecule has 0 aromatic carbocycles. The third kappa shape index (κ3) is 0.399. The second-order valence-electron chi connectivity index (χ2n) is 5.51. The maximum atomic E-state index is 5.73. The minimum atomic E-state index is 0.570. The highest BCUT2D eigenvalue weighted by Crippen LogP contribution is 2.74. The Hall–Kier alpha value is -0.120. The second kappa shape index (κ2) is 1.30. The first-order valence-corrected chi connectivity index (χ1v) is 5.41. The maximum absolute atomic E-state index is 5.73. The van der Waals surface area contributed by atoms with E-state index in [0.29, 0.717) is 36.6 Å². The van der Waals surface area contributed by atoms with Gasteiger partial charge >= 0.3 is 0 Å². The van der Waals surface area contributed by atoms with Crippen LogP contribution < -0.4 is 0 Å². The lowest BCUT2D eigenvalue weighted by atomic mass is 9.89. The van der Waals surface area contributed by atoms with E-state index in [9.17, 15) is 0 Å². The molecule has 0 bridgehead atoms. The Balaban J connectivity index is 1.64. The van der Waals surface area contributed by atoms with Crippen LogP contribution in [0.2, 0.25) is 0 Å². The molecule has 3 heteroatoms. The zero-order valence-corrected chi connectivity index (χ0v) is 7.00. The van der Waals surface area contributed by atoms with Crippen molar-refractivity contribution in [3.8, 4) is 0 Å². The van der Waals surface area contributed by atoms with Gasteiger partial charge in [-0.1, -0.05) is 0 Å². The molecule has 13 heavy (non-hydrogen) atoms. The van der Waals surface area contributed by atoms with Crippen LogP contribution >= 0.6 is 0 Å². The number of hydrogen-bond donors (Lipinski definition) is 0. The molecule has 0 N–H and O–H groups in total. The number of rotatable bonds is 0. The lowest BCUT2D eigenvalue weighted by Gasteiger charge is -2.23. The molecule has 9 atom stereocenters. The fourth-order valence-electron chi connectivity index (χ4n) is 4.91. The molecular weight excluding hydrogens is 168 g/mol. The van der Waals surface area contributed by atoms with E-state index in [1.807, 2.05) is 0 Å². The van der Waals surface area contributed by atoms with Gasteiger partial charge in [-0.3, -0.25) is 0 Å². The van der Waals surface area contributed by atoms with E-state index in [-0.39, 0.29) is 0 Å². The van der Waals surface area contributed by atoms with Crippen LogP contribution in [0.5, 0.6) is 0 Å². The first-order valence-electron chi connectivity index (χ1n) is 5.41. The Bertz CT molecular complexity index is 267. The monoisotopic (exact) mass is 178 g/mol. The molecule has 3 aliphatic carbocycles. The Labute approximate surface area is 75.3 Å². The smallest absolute Gasteiger partial charge is 0.0902 e. The largest absolute Gasteiger partial charge is 0.369 e. The van der Waals surface area contributed by atoms with Crippen molar-refractivity contribution >= 4 is 0 Å². The molecule has 0 aromatic rings. The summed E-state index contributed by atoms with van der Waals surface area (Å²) < 4.78 is 17.2. The summed E-state index contributed by atoms with van der Waals surface area (Å²) in [4.78, 5) is 0. The molecule has 3 saturated heterocycles. The van der Waals surface area contributed by atoms with E-state index in [0.717, 1.165) is 23.7 Å². The van der Waals surface area contributed by atoms with Crippen molar-refractivity contribution in [1.82, 2.24) is 0 Å². The van der Waals surface area contributed by atoms with Gasteiger partial charge in [-0.25, -0.2) is 0 Å². The summed E-state index contributed by atoms with van der Waals surface area (Å²) in [5.41, 5.74) is 0. The number of fused-ring (bicyclic) bond motifs is 9. The minimum absolute atomic E-state index is 0.570. The maximum Gasteiger partial charge on any atom is 0.0902 e. The van der Waals surface area contributed by atoms with Crippen molar-refractivity contribution in [2.24, 2.45) is 23.7 Å². The molecule has 6 fully saturated rings. The second-order valence-corrected chi connectivity index (χ2v) is 5.51. The highest BCUT2D eigenvalue weighted by Gasteiger charge is 2.85. The predicted molar refractivity (Wildman–Crippen MR) is 39.9 cm³/mol. The van der Waals surface area contributed by atoms with E-state index in [4.69, 9.17) is 14.2 Å². The van der Waals surface area contributed by atoms with Crippen LogP contribution in [0.1, 0.15) is 0 Å². The predicted octanol–water partition coefficient (Wildman–Crippen LogP) is -0.206. The molecule has 3 saturated carbocycles. The normalized spacial score (nSPS) is 88.6. The number of hydrogen-bond acceptors (Lipinski definition) is 3. The van der Waals surface area contributed by atoms with Crippen molar-refractivity contribution in [3.05, 3.63) is 0 Å². The lowest BCUT2D eigenvalue weighted by Crippen LogP contribution is -2.26. The molecule has 68 valence electrons. The molecule has 6 aliphatic rings. The standard InChI is InChI=1S/C10H10O3/c11-5-2-1-3(7(5)11)9-10(13-9)4(1)8-6(2)12-8/h1-10H/t1?,2?,3?,4?,5-,6+,7+,8-,9-,10+. The van der Waals surface area contributed by atoms with Crippen LogP contribution in [0, 0.1) is 23.7 Å². The number of epoxide rings is 3. The van der Waals surface area contributed by atoms with Gasteiger partial charge in [-0.2, -0.15) is 0 Å². The zero-order chi connectivity index (χ0) is 7.89. The van der Waals surface area contributed by atoms with Gasteiger partial charge in [0, 0.05) is 17.8 Å². The van der Waals surface area contributed by atoms with Gasteiger partial charge in [-0.15, -0.1) is 0 Å². The summed E-state index contributed by atoms with van der Waals surface area (Å²) in [7, 11) is 0. The molecule has 3 unspecified atom stereocenters. The van der Waals surface area contributed by atoms with Crippen molar-refractivity contribution in [2.75, 3.05) is 0 Å². The SMILES string of the molecule is O1[C@@H]2C3C4C([C@H]5O[C@H]5C4[C@H]4O[C@@H]34)[C@H]12. The van der Waals surface area contributed by atoms with Gasteiger partial charge in [-0.05, 0) is 5.92 Å². The van der Waals surface area contributed by atoms with E-state index >= 15 is 0 Å². The third-order valence-corrected chi connectivity index (χ3v) is 5.29. The van der Waals surface area contributed by atoms with Crippen molar-refractivity contribution in [1.29, 1.82) is 0 Å². The van der Waals surface area contributed by atoms with Gasteiger partial charge in [0.2, 0.25) is 0 Å². The number of ether oxygens (including phenoxy) is 3. The average Bonchev–Trinajstić information content (AvgIpc) is 3.06. The molecule has 3 heterocycles. The van der Waals surface area contributed by atoms with Crippen LogP contribution in [0.3, 0.4) is 0 Å². The van der Waals surface area contributed by atoms with Gasteiger partial charge in [0.1, 0.15) is 0 Å². The Morgan fingerprint density at radius 1 is 0.385 bits per heavy atom. The van der Waals surface area contributed by atoms with Crippen LogP contribution in [0.15, 0.2) is 0 Å². The summed E-state index contributed by atoms with van der Waals surface area (Å²) in [6.07, 6.45) is 3.42. The average molecular weight is 178 g/mol. The molecular formula is C10H10O3. The molecule has 0 aromatic heterocycles. The Morgan fingerprint density at radius 2 is 0.692 bits per heavy atom. The Morgan fingerprint density at radius 3 is 1.00 bits per heavy atom. The fourth-order valence-corrected chi connectivity index (χ4v) is 4.91. The van der Waals surface area contributed by atoms with E-state index in [2.05, 4.69) is 0 Å². The molecule has 3 aliphatic heterocycles. The highest BCUT2D eigenvalue weighted by atomic mass is 16.6. The summed E-state index contributed by atoms with van der Waals surface area (Å²) in [6.45, 7) is 0. The molecule has 6 rings (SSSR count). The summed E-state index contributed by atoms with van der Waals surface area (Å²) in [6, 6.07) is 0. The Kier molecular flexibility index (Phi) is 0.569. The van der Waals surface area contributed by atoms with Crippen LogP contribution in [-0.2, 0) is 14.2 Å². The fraction of sp³-hybridized carbons (Fsp3) is 1.00. The third-order valence-electron chi connectivity index (χ3n) is 5.29. The van der Waals surface area contributed by atoms with E-state index < -0.39 is 0 Å². The first-order chi connectivity index (χ1) is 6.45. The first kappa shape index (κ1) is 5.69. The molecule has 0 spiro atoms. The highest BCUT2D eigenvalue weighted by molar-refractivity contribution is 5.31. The van der Waals surface area contributed by atoms with Gasteiger partial charge in [0.05, 0.1) is 36.6 Å². The van der Waals surface area contributed by atoms with Crippen LogP contribution in [0.4, 0.5) is 0 Å². The van der Waals surface area contributed by atoms with Crippen LogP contribution in [0.25, 0.3) is 0 Å².